The van der Waals surface area contributed by atoms with Gasteiger partial charge < -0.3 is 25.2 Å². The molecule has 0 radical (unpaired) electrons. The van der Waals surface area contributed by atoms with Crippen LogP contribution in [0.2, 0.25) is 0 Å². The molecule has 314 valence electrons. The van der Waals surface area contributed by atoms with Crippen LogP contribution in [0.25, 0.3) is 0 Å². The van der Waals surface area contributed by atoms with Crippen LogP contribution in [0.3, 0.4) is 0 Å². The Morgan fingerprint density at radius 2 is 1.00 bits per heavy atom. The summed E-state index contributed by atoms with van der Waals surface area (Å²) in [4.78, 5) is 45.8. The van der Waals surface area contributed by atoms with E-state index in [2.05, 4.69) is 48.8 Å². The van der Waals surface area contributed by atoms with Gasteiger partial charge in [0.05, 0.1) is 13.2 Å². The van der Waals surface area contributed by atoms with Crippen molar-refractivity contribution < 1.29 is 47.5 Å². The predicted molar refractivity (Wildman–Crippen MR) is 217 cm³/mol. The van der Waals surface area contributed by atoms with Crippen molar-refractivity contribution in [3.05, 3.63) is 36.5 Å². The summed E-state index contributed by atoms with van der Waals surface area (Å²) in [6.07, 6.45) is 39.4. The second kappa shape index (κ2) is 37.6. The summed E-state index contributed by atoms with van der Waals surface area (Å²) in [5, 5.41) is 8.87. The van der Waals surface area contributed by atoms with Gasteiger partial charge in [0, 0.05) is 12.8 Å². The summed E-state index contributed by atoms with van der Waals surface area (Å²) < 4.78 is 32.6. The van der Waals surface area contributed by atoms with Crippen molar-refractivity contribution in [3.63, 3.8) is 0 Å². The SMILES string of the molecule is CCCCCCCC/C=C/CCCCCC(=O)OC[C@H](COP(=O)(O)OC[C@H](N)C(=O)O)OC(=O)CCC/C=C/C/C=C/CCCCCCCCCCC. The van der Waals surface area contributed by atoms with Crippen molar-refractivity contribution >= 4 is 25.7 Å². The van der Waals surface area contributed by atoms with Crippen molar-refractivity contribution in [3.8, 4) is 0 Å². The number of carboxylic acids is 1. The monoisotopic (exact) mass is 786 g/mol. The Morgan fingerprint density at radius 3 is 1.52 bits per heavy atom. The number of carbonyl (C=O) groups is 3. The van der Waals surface area contributed by atoms with Crippen LogP contribution in [-0.4, -0.2) is 59.9 Å². The van der Waals surface area contributed by atoms with Crippen molar-refractivity contribution in [1.82, 2.24) is 0 Å². The molecule has 0 aliphatic carbocycles. The molecule has 0 heterocycles. The van der Waals surface area contributed by atoms with Crippen LogP contribution in [0.5, 0.6) is 0 Å². The van der Waals surface area contributed by atoms with Crippen LogP contribution in [0, 0.1) is 0 Å². The number of allylic oxidation sites excluding steroid dienone is 6. The minimum Gasteiger partial charge on any atom is -0.480 e. The number of nitrogens with two attached hydrogens (primary N) is 1. The second-order valence-corrected chi connectivity index (χ2v) is 15.6. The number of carbonyl (C=O) groups excluding carboxylic acids is 2. The van der Waals surface area contributed by atoms with Gasteiger partial charge in [0.2, 0.25) is 0 Å². The van der Waals surface area contributed by atoms with Crippen LogP contribution >= 0.6 is 7.82 Å². The van der Waals surface area contributed by atoms with Crippen LogP contribution in [0.1, 0.15) is 181 Å². The van der Waals surface area contributed by atoms with E-state index >= 15 is 0 Å². The Morgan fingerprint density at radius 1 is 0.574 bits per heavy atom. The number of phosphoric ester groups is 1. The quantitative estimate of drug-likeness (QED) is 0.0234. The Balaban J connectivity index is 4.47. The molecule has 1 unspecified atom stereocenters. The lowest BCUT2D eigenvalue weighted by Gasteiger charge is -2.20. The zero-order valence-corrected chi connectivity index (χ0v) is 34.7. The van der Waals surface area contributed by atoms with Crippen molar-refractivity contribution in [2.75, 3.05) is 19.8 Å². The Hall–Kier alpha value is -2.30. The maximum Gasteiger partial charge on any atom is 0.472 e. The van der Waals surface area contributed by atoms with Crippen LogP contribution in [-0.2, 0) is 37.5 Å². The smallest absolute Gasteiger partial charge is 0.472 e. The maximum absolute atomic E-state index is 12.6. The highest BCUT2D eigenvalue weighted by Crippen LogP contribution is 2.43. The van der Waals surface area contributed by atoms with Gasteiger partial charge >= 0.3 is 25.7 Å². The van der Waals surface area contributed by atoms with Crippen LogP contribution < -0.4 is 5.73 Å². The molecule has 11 nitrogen and oxygen atoms in total. The number of rotatable bonds is 39. The van der Waals surface area contributed by atoms with Gasteiger partial charge in [-0.15, -0.1) is 0 Å². The number of unbranched alkanes of at least 4 members (excludes halogenated alkanes) is 19. The lowest BCUT2D eigenvalue weighted by atomic mass is 10.1. The number of phosphoric acid groups is 1. The zero-order chi connectivity index (χ0) is 40.0. The molecule has 0 aromatic rings. The molecule has 0 fully saturated rings. The zero-order valence-electron chi connectivity index (χ0n) is 33.8. The van der Waals surface area contributed by atoms with E-state index in [4.69, 9.17) is 24.8 Å². The maximum atomic E-state index is 12.6. The van der Waals surface area contributed by atoms with Crippen molar-refractivity contribution in [2.45, 2.75) is 193 Å². The number of esters is 2. The second-order valence-electron chi connectivity index (χ2n) is 14.1. The molecule has 0 saturated heterocycles. The Labute approximate surface area is 327 Å². The fourth-order valence-corrected chi connectivity index (χ4v) is 6.29. The van der Waals surface area contributed by atoms with E-state index in [1.165, 1.54) is 96.3 Å². The Kier molecular flexibility index (Phi) is 36.0. The molecule has 0 aliphatic heterocycles. The third kappa shape index (κ3) is 36.7. The summed E-state index contributed by atoms with van der Waals surface area (Å²) >= 11 is 0. The van der Waals surface area contributed by atoms with Gasteiger partial charge in [-0.3, -0.25) is 23.4 Å². The molecule has 0 bridgehead atoms. The highest BCUT2D eigenvalue weighted by atomic mass is 31.2. The van der Waals surface area contributed by atoms with E-state index < -0.39 is 51.1 Å². The molecule has 0 amide bonds. The fraction of sp³-hybridized carbons (Fsp3) is 0.786. The number of ether oxygens (including phenoxy) is 2. The summed E-state index contributed by atoms with van der Waals surface area (Å²) in [6, 6.07) is -1.53. The van der Waals surface area contributed by atoms with Gasteiger partial charge in [-0.2, -0.15) is 0 Å². The van der Waals surface area contributed by atoms with Gasteiger partial charge in [0.1, 0.15) is 12.6 Å². The molecule has 0 rings (SSSR count). The molecule has 12 heteroatoms. The minimum atomic E-state index is -4.73. The Bertz CT molecular complexity index is 1060. The van der Waals surface area contributed by atoms with Gasteiger partial charge in [-0.1, -0.05) is 140 Å². The topological polar surface area (TPSA) is 172 Å². The highest BCUT2D eigenvalue weighted by Gasteiger charge is 2.28. The van der Waals surface area contributed by atoms with Gasteiger partial charge in [-0.25, -0.2) is 4.57 Å². The first-order valence-corrected chi connectivity index (χ1v) is 22.5. The number of aliphatic carboxylic acids is 1. The fourth-order valence-electron chi connectivity index (χ4n) is 5.51. The lowest BCUT2D eigenvalue weighted by molar-refractivity contribution is -0.161. The normalized spacial score (nSPS) is 14.1. The third-order valence-corrected chi connectivity index (χ3v) is 9.81. The van der Waals surface area contributed by atoms with E-state index in [9.17, 15) is 23.8 Å². The minimum absolute atomic E-state index is 0.0946. The van der Waals surface area contributed by atoms with Crippen LogP contribution in [0.4, 0.5) is 0 Å². The average Bonchev–Trinajstić information content (AvgIpc) is 3.14. The molecule has 0 spiro atoms. The largest absolute Gasteiger partial charge is 0.480 e. The van der Waals surface area contributed by atoms with Gasteiger partial charge in [0.15, 0.2) is 6.10 Å². The molecule has 3 atom stereocenters. The third-order valence-electron chi connectivity index (χ3n) is 8.86. The standard InChI is InChI=1S/C42H76NO10P/c1-3-5-7-9-11-13-15-17-18-19-20-22-24-26-28-30-32-34-41(45)53-38(36-51-54(48,49)52-37-39(43)42(46)47)35-50-40(44)33-31-29-27-25-23-21-16-14-12-10-8-6-4-2/h20-23,26,28,38-39H,3-19,24-25,27,29-37,43H2,1-2H3,(H,46,47)(H,48,49)/b22-20+,23-21+,28-26+/t38-,39+/m1/s1. The number of hydrogen-bond acceptors (Lipinski definition) is 9. The number of carboxylic acid groups (broad SMARTS) is 1. The molecular formula is C42H76NO10P. The van der Waals surface area contributed by atoms with E-state index in [-0.39, 0.29) is 19.4 Å². The van der Waals surface area contributed by atoms with Gasteiger partial charge in [-0.05, 0) is 64.2 Å². The first-order valence-electron chi connectivity index (χ1n) is 21.0. The lowest BCUT2D eigenvalue weighted by Crippen LogP contribution is -2.34. The summed E-state index contributed by atoms with van der Waals surface area (Å²) in [7, 11) is -4.73. The molecule has 0 saturated carbocycles. The average molecular weight is 786 g/mol. The van der Waals surface area contributed by atoms with E-state index in [0.29, 0.717) is 19.3 Å². The van der Waals surface area contributed by atoms with E-state index in [0.717, 1.165) is 38.5 Å². The summed E-state index contributed by atoms with van der Waals surface area (Å²) in [6.45, 7) is 2.73. The van der Waals surface area contributed by atoms with Crippen molar-refractivity contribution in [2.24, 2.45) is 5.73 Å². The van der Waals surface area contributed by atoms with Crippen LogP contribution in [0.15, 0.2) is 36.5 Å². The molecule has 0 aliphatic rings. The molecule has 54 heavy (non-hydrogen) atoms. The molecular weight excluding hydrogens is 709 g/mol. The first kappa shape index (κ1) is 51.7. The predicted octanol–water partition coefficient (Wildman–Crippen LogP) is 10.8. The summed E-state index contributed by atoms with van der Waals surface area (Å²) in [5.74, 6) is -2.46. The van der Waals surface area contributed by atoms with E-state index in [1.54, 1.807) is 0 Å². The number of hydrogen-bond donors (Lipinski definition) is 3. The van der Waals surface area contributed by atoms with E-state index in [1.807, 2.05) is 6.08 Å². The highest BCUT2D eigenvalue weighted by molar-refractivity contribution is 7.47. The first-order chi connectivity index (χ1) is 26.1. The summed E-state index contributed by atoms with van der Waals surface area (Å²) in [5.41, 5.74) is 5.32. The molecule has 0 aromatic heterocycles. The molecule has 4 N–H and O–H groups in total. The van der Waals surface area contributed by atoms with Crippen molar-refractivity contribution in [1.29, 1.82) is 0 Å². The van der Waals surface area contributed by atoms with Gasteiger partial charge in [0.25, 0.3) is 0 Å². The molecule has 0 aromatic carbocycles.